The lowest BCUT2D eigenvalue weighted by molar-refractivity contribution is -0.155. The summed E-state index contributed by atoms with van der Waals surface area (Å²) in [5.74, 6) is -1.06. The molecule has 158 valence electrons. The Bertz CT molecular complexity index is 1070. The van der Waals surface area contributed by atoms with E-state index in [4.69, 9.17) is 14.2 Å². The maximum Gasteiger partial charge on any atom is 0.330 e. The number of esters is 2. The van der Waals surface area contributed by atoms with Gasteiger partial charge in [0.05, 0.1) is 5.56 Å². The van der Waals surface area contributed by atoms with Crippen molar-refractivity contribution in [2.75, 3.05) is 6.61 Å². The van der Waals surface area contributed by atoms with E-state index in [1.807, 2.05) is 0 Å². The van der Waals surface area contributed by atoms with Gasteiger partial charge in [-0.3, -0.25) is 28.7 Å². The molecule has 0 spiro atoms. The molecule has 0 aliphatic carbocycles. The third-order valence-electron chi connectivity index (χ3n) is 4.58. The first kappa shape index (κ1) is 21.2. The Morgan fingerprint density at radius 1 is 1.20 bits per heavy atom. The molecule has 1 aromatic heterocycles. The first-order valence-corrected chi connectivity index (χ1v) is 9.15. The molecule has 1 aliphatic heterocycles. The van der Waals surface area contributed by atoms with Crippen LogP contribution in [0.4, 0.5) is 0 Å². The lowest BCUT2D eigenvalue weighted by atomic mass is 10.1. The second kappa shape index (κ2) is 8.87. The maximum atomic E-state index is 12.4. The first-order valence-electron chi connectivity index (χ1n) is 9.15. The molecule has 3 atom stereocenters. The molecule has 1 aliphatic rings. The van der Waals surface area contributed by atoms with Crippen LogP contribution in [0.3, 0.4) is 0 Å². The van der Waals surface area contributed by atoms with Gasteiger partial charge >= 0.3 is 17.6 Å². The van der Waals surface area contributed by atoms with E-state index in [-0.39, 0.29) is 18.6 Å². The minimum Gasteiger partial charge on any atom is -0.463 e. The summed E-state index contributed by atoms with van der Waals surface area (Å²) >= 11 is 0. The lowest BCUT2D eigenvalue weighted by Crippen LogP contribution is -2.33. The largest absolute Gasteiger partial charge is 0.463 e. The van der Waals surface area contributed by atoms with E-state index >= 15 is 0 Å². The Morgan fingerprint density at radius 2 is 1.90 bits per heavy atom. The van der Waals surface area contributed by atoms with Crippen LogP contribution in [0, 0.1) is 0 Å². The number of H-pyrrole nitrogens is 1. The van der Waals surface area contributed by atoms with Gasteiger partial charge in [0.25, 0.3) is 5.56 Å². The Balaban J connectivity index is 1.93. The van der Waals surface area contributed by atoms with Crippen molar-refractivity contribution >= 4 is 18.2 Å². The number of hydrogen-bond donors (Lipinski definition) is 1. The van der Waals surface area contributed by atoms with Crippen LogP contribution < -0.4 is 11.2 Å². The average Bonchev–Trinajstić information content (AvgIpc) is 3.08. The number of benzene rings is 1. The maximum absolute atomic E-state index is 12.4. The van der Waals surface area contributed by atoms with Crippen molar-refractivity contribution in [2.24, 2.45) is 0 Å². The van der Waals surface area contributed by atoms with Gasteiger partial charge in [-0.1, -0.05) is 24.3 Å². The summed E-state index contributed by atoms with van der Waals surface area (Å²) in [5.41, 5.74) is -0.154. The predicted molar refractivity (Wildman–Crippen MR) is 103 cm³/mol. The molecule has 1 aromatic carbocycles. The Kier molecular flexibility index (Phi) is 6.26. The number of nitrogens with one attached hydrogen (secondary N) is 1. The molecule has 1 saturated heterocycles. The molecular formula is C20H20N2O8. The van der Waals surface area contributed by atoms with Crippen molar-refractivity contribution < 1.29 is 28.6 Å². The summed E-state index contributed by atoms with van der Waals surface area (Å²) in [6, 6.07) is 6.28. The summed E-state index contributed by atoms with van der Waals surface area (Å²) in [6.07, 6.45) is -0.202. The SMILES string of the molecule is CC(=O)OC[C@H]1O[C@@H](n2cc(-c3ccc(C=O)cc3)c(=O)[nH]c2=O)C[C@@H]1OC(C)=O. The second-order valence-corrected chi connectivity index (χ2v) is 6.76. The molecule has 2 heterocycles. The fourth-order valence-corrected chi connectivity index (χ4v) is 3.20. The highest BCUT2D eigenvalue weighted by molar-refractivity contribution is 5.76. The average molecular weight is 416 g/mol. The summed E-state index contributed by atoms with van der Waals surface area (Å²) in [5, 5.41) is 0. The Labute approximate surface area is 170 Å². The summed E-state index contributed by atoms with van der Waals surface area (Å²) in [4.78, 5) is 60.3. The number of aromatic nitrogens is 2. The van der Waals surface area contributed by atoms with E-state index in [0.717, 1.165) is 0 Å². The molecule has 0 amide bonds. The summed E-state index contributed by atoms with van der Waals surface area (Å²) in [6.45, 7) is 2.33. The number of ether oxygens (including phenoxy) is 3. The van der Waals surface area contributed by atoms with Gasteiger partial charge in [0.1, 0.15) is 31.3 Å². The molecule has 10 heteroatoms. The third kappa shape index (κ3) is 4.71. The van der Waals surface area contributed by atoms with Gasteiger partial charge in [-0.25, -0.2) is 4.79 Å². The van der Waals surface area contributed by atoms with Crippen LogP contribution >= 0.6 is 0 Å². The highest BCUT2D eigenvalue weighted by Gasteiger charge is 2.39. The number of carbonyl (C=O) groups is 3. The molecule has 2 aromatic rings. The zero-order chi connectivity index (χ0) is 21.8. The number of hydrogen-bond acceptors (Lipinski definition) is 8. The van der Waals surface area contributed by atoms with Crippen molar-refractivity contribution in [1.82, 2.24) is 9.55 Å². The zero-order valence-corrected chi connectivity index (χ0v) is 16.3. The molecule has 1 N–H and O–H groups in total. The topological polar surface area (TPSA) is 134 Å². The monoisotopic (exact) mass is 416 g/mol. The quantitative estimate of drug-likeness (QED) is 0.540. The van der Waals surface area contributed by atoms with Crippen molar-refractivity contribution in [3.05, 3.63) is 56.9 Å². The van der Waals surface area contributed by atoms with Gasteiger partial charge in [-0.15, -0.1) is 0 Å². The van der Waals surface area contributed by atoms with E-state index in [2.05, 4.69) is 4.98 Å². The predicted octanol–water partition coefficient (Wildman–Crippen LogP) is 0.798. The number of rotatable bonds is 6. The van der Waals surface area contributed by atoms with Gasteiger partial charge in [-0.2, -0.15) is 0 Å². The Morgan fingerprint density at radius 3 is 2.50 bits per heavy atom. The van der Waals surface area contributed by atoms with Gasteiger partial charge in [-0.05, 0) is 5.56 Å². The van der Waals surface area contributed by atoms with E-state index in [1.54, 1.807) is 24.3 Å². The number of aldehydes is 1. The molecular weight excluding hydrogens is 396 g/mol. The van der Waals surface area contributed by atoms with E-state index in [0.29, 0.717) is 17.4 Å². The van der Waals surface area contributed by atoms with Gasteiger partial charge in [0.2, 0.25) is 0 Å². The van der Waals surface area contributed by atoms with Gasteiger partial charge in [0.15, 0.2) is 0 Å². The lowest BCUT2D eigenvalue weighted by Gasteiger charge is -2.17. The smallest absolute Gasteiger partial charge is 0.330 e. The highest BCUT2D eigenvalue weighted by Crippen LogP contribution is 2.31. The molecule has 3 rings (SSSR count). The number of aromatic amines is 1. The first-order chi connectivity index (χ1) is 14.3. The van der Waals surface area contributed by atoms with Crippen LogP contribution in [0.5, 0.6) is 0 Å². The molecule has 0 unspecified atom stereocenters. The van der Waals surface area contributed by atoms with Gasteiger partial charge < -0.3 is 14.2 Å². The van der Waals surface area contributed by atoms with Crippen molar-refractivity contribution in [3.8, 4) is 11.1 Å². The summed E-state index contributed by atoms with van der Waals surface area (Å²) < 4.78 is 17.2. The summed E-state index contributed by atoms with van der Waals surface area (Å²) in [7, 11) is 0. The molecule has 0 saturated carbocycles. The molecule has 1 fully saturated rings. The third-order valence-corrected chi connectivity index (χ3v) is 4.58. The van der Waals surface area contributed by atoms with Crippen LogP contribution in [-0.2, 0) is 23.8 Å². The van der Waals surface area contributed by atoms with Crippen molar-refractivity contribution in [3.63, 3.8) is 0 Å². The fourth-order valence-electron chi connectivity index (χ4n) is 3.20. The minimum absolute atomic E-state index is 0.126. The van der Waals surface area contributed by atoms with Crippen LogP contribution in [-0.4, -0.2) is 46.6 Å². The molecule has 0 radical (unpaired) electrons. The van der Waals surface area contributed by atoms with Crippen molar-refractivity contribution in [1.29, 1.82) is 0 Å². The normalized spacial score (nSPS) is 20.5. The molecule has 10 nitrogen and oxygen atoms in total. The molecule has 30 heavy (non-hydrogen) atoms. The van der Waals surface area contributed by atoms with Gasteiger partial charge in [0, 0.05) is 32.0 Å². The zero-order valence-electron chi connectivity index (χ0n) is 16.3. The second-order valence-electron chi connectivity index (χ2n) is 6.76. The van der Waals surface area contributed by atoms with E-state index in [9.17, 15) is 24.0 Å². The highest BCUT2D eigenvalue weighted by atomic mass is 16.6. The van der Waals surface area contributed by atoms with Crippen molar-refractivity contribution in [2.45, 2.75) is 38.7 Å². The minimum atomic E-state index is -0.854. The Hall–Kier alpha value is -3.53. The van der Waals surface area contributed by atoms with E-state index in [1.165, 1.54) is 24.6 Å². The molecule has 0 bridgehead atoms. The van der Waals surface area contributed by atoms with Crippen LogP contribution in [0.25, 0.3) is 11.1 Å². The van der Waals surface area contributed by atoms with Crippen LogP contribution in [0.15, 0.2) is 40.1 Å². The fraction of sp³-hybridized carbons (Fsp3) is 0.350. The van der Waals surface area contributed by atoms with Crippen LogP contribution in [0.2, 0.25) is 0 Å². The van der Waals surface area contributed by atoms with E-state index < -0.39 is 41.6 Å². The van der Waals surface area contributed by atoms with Crippen LogP contribution in [0.1, 0.15) is 36.9 Å². The standard InChI is InChI=1S/C20H20N2O8/c1-11(24)28-10-17-16(29-12(2)25)7-18(30-17)22-8-15(19(26)21-20(22)27)14-5-3-13(9-23)4-6-14/h3-6,8-9,16-18H,7,10H2,1-2H3,(H,21,26,27)/t16-,17+,18+/m0/s1. The number of nitrogens with zero attached hydrogens (tertiary/aromatic N) is 1. The number of carbonyl (C=O) groups excluding carboxylic acids is 3.